The van der Waals surface area contributed by atoms with E-state index in [0.717, 1.165) is 36.7 Å². The van der Waals surface area contributed by atoms with Gasteiger partial charge in [0.15, 0.2) is 6.29 Å². The molecule has 0 aromatic rings. The Bertz CT molecular complexity index is 1160. The molecule has 5 aliphatic rings. The standard InChI is InChI=1S/C36H58O9/c1-19(2)14-21(39)15-20(3)22-10-11-35(7)31-25(40)16-24-23(36(31,18-38)13-12-34(22,35)6)8-9-27(33(24,4)5)45-32-30(43)29(42)28(41)26(17-37)44-32/h14,16,18,20-23,25-32,37,39-43H,8-13,15,17H2,1-7H3/t20-,21+,22-,23-,25+,26-,27+,28-,29-,30-,31+,32+,34-,35+,36-/m1/s1. The van der Waals surface area contributed by atoms with Crippen molar-refractivity contribution < 1.29 is 44.9 Å². The molecule has 0 aromatic carbocycles. The average Bonchev–Trinajstić information content (AvgIpc) is 3.24. The quantitative estimate of drug-likeness (QED) is 0.174. The van der Waals surface area contributed by atoms with Crippen LogP contribution in [0.1, 0.15) is 93.4 Å². The van der Waals surface area contributed by atoms with Crippen molar-refractivity contribution in [1.29, 1.82) is 0 Å². The molecule has 9 nitrogen and oxygen atoms in total. The monoisotopic (exact) mass is 634 g/mol. The van der Waals surface area contributed by atoms with Crippen LogP contribution in [-0.4, -0.2) is 92.5 Å². The van der Waals surface area contributed by atoms with E-state index in [4.69, 9.17) is 9.47 Å². The summed E-state index contributed by atoms with van der Waals surface area (Å²) in [6.07, 6.45) is 1.99. The second-order valence-corrected chi connectivity index (χ2v) is 16.5. The summed E-state index contributed by atoms with van der Waals surface area (Å²) in [6, 6.07) is 0. The van der Waals surface area contributed by atoms with Crippen LogP contribution < -0.4 is 0 Å². The van der Waals surface area contributed by atoms with Crippen LogP contribution in [0.5, 0.6) is 0 Å². The van der Waals surface area contributed by atoms with Gasteiger partial charge in [-0.25, -0.2) is 0 Å². The van der Waals surface area contributed by atoms with Gasteiger partial charge in [0.2, 0.25) is 0 Å². The van der Waals surface area contributed by atoms with Gasteiger partial charge in [-0.3, -0.25) is 0 Å². The van der Waals surface area contributed by atoms with E-state index in [0.29, 0.717) is 37.5 Å². The van der Waals surface area contributed by atoms with Gasteiger partial charge in [-0.15, -0.1) is 0 Å². The molecule has 0 bridgehead atoms. The normalized spacial score (nSPS) is 48.7. The lowest BCUT2D eigenvalue weighted by molar-refractivity contribution is -0.320. The molecule has 1 saturated heterocycles. The number of aliphatic hydroxyl groups is 6. The lowest BCUT2D eigenvalue weighted by Gasteiger charge is -2.66. The molecule has 1 heterocycles. The molecule has 0 aromatic heterocycles. The molecule has 9 heteroatoms. The second kappa shape index (κ2) is 12.4. The summed E-state index contributed by atoms with van der Waals surface area (Å²) < 4.78 is 12.0. The van der Waals surface area contributed by atoms with Crippen molar-refractivity contribution in [3.8, 4) is 0 Å². The van der Waals surface area contributed by atoms with Gasteiger partial charge >= 0.3 is 0 Å². The first-order valence-corrected chi connectivity index (χ1v) is 17.1. The Kier molecular flexibility index (Phi) is 9.66. The zero-order chi connectivity index (χ0) is 33.3. The first-order chi connectivity index (χ1) is 21.0. The Labute approximate surface area is 268 Å². The molecule has 4 fully saturated rings. The molecule has 0 radical (unpaired) electrons. The van der Waals surface area contributed by atoms with Gasteiger partial charge in [-0.2, -0.15) is 0 Å². The summed E-state index contributed by atoms with van der Waals surface area (Å²) in [5.74, 6) is 0.384. The van der Waals surface area contributed by atoms with Crippen LogP contribution in [0.2, 0.25) is 0 Å². The van der Waals surface area contributed by atoms with Gasteiger partial charge < -0.3 is 44.9 Å². The Morgan fingerprint density at radius 3 is 2.31 bits per heavy atom. The lowest BCUT2D eigenvalue weighted by atomic mass is 9.38. The third kappa shape index (κ3) is 5.41. The van der Waals surface area contributed by atoms with E-state index in [1.54, 1.807) is 0 Å². The van der Waals surface area contributed by atoms with Gasteiger partial charge in [0, 0.05) is 16.7 Å². The van der Waals surface area contributed by atoms with Crippen molar-refractivity contribution in [2.45, 2.75) is 142 Å². The van der Waals surface area contributed by atoms with Crippen LogP contribution in [0.25, 0.3) is 0 Å². The molecule has 1 aliphatic heterocycles. The fraction of sp³-hybridized carbons (Fsp3) is 0.861. The summed E-state index contributed by atoms with van der Waals surface area (Å²) in [5.41, 5.74) is 0.400. The SMILES string of the molecule is CC(C)=C[C@H](O)C[C@@H](C)[C@H]1CC[C@@]2(C)[C@@H]3[C@@H](O)C=C4[C@@H](CC[C@H](O[C@@H]5O[C@H](CO)[C@@H](O)[C@@H](O)[C@H]5O)C4(C)C)[C@]3(C=O)CC[C@]12C. The fourth-order valence-corrected chi connectivity index (χ4v) is 11.1. The Morgan fingerprint density at radius 1 is 1.00 bits per heavy atom. The van der Waals surface area contributed by atoms with E-state index in [-0.39, 0.29) is 22.7 Å². The van der Waals surface area contributed by atoms with Crippen LogP contribution in [0.15, 0.2) is 23.3 Å². The van der Waals surface area contributed by atoms with Crippen molar-refractivity contribution >= 4 is 6.29 Å². The summed E-state index contributed by atoms with van der Waals surface area (Å²) in [5, 5.41) is 63.7. The van der Waals surface area contributed by atoms with Gasteiger partial charge in [-0.05, 0) is 87.4 Å². The minimum atomic E-state index is -1.53. The van der Waals surface area contributed by atoms with Crippen molar-refractivity contribution in [3.05, 3.63) is 23.3 Å². The van der Waals surface area contributed by atoms with Crippen LogP contribution in [0.4, 0.5) is 0 Å². The topological polar surface area (TPSA) is 157 Å². The van der Waals surface area contributed by atoms with E-state index in [9.17, 15) is 35.4 Å². The maximum Gasteiger partial charge on any atom is 0.187 e. The van der Waals surface area contributed by atoms with Gasteiger partial charge in [0.25, 0.3) is 0 Å². The largest absolute Gasteiger partial charge is 0.394 e. The minimum Gasteiger partial charge on any atom is -0.394 e. The molecule has 0 unspecified atom stereocenters. The summed E-state index contributed by atoms with van der Waals surface area (Å²) in [4.78, 5) is 13.5. The number of carbonyl (C=O) groups excluding carboxylic acids is 1. The number of aldehydes is 1. The second-order valence-electron chi connectivity index (χ2n) is 16.5. The average molecular weight is 635 g/mol. The van der Waals surface area contributed by atoms with E-state index in [1.165, 1.54) is 0 Å². The van der Waals surface area contributed by atoms with Crippen LogP contribution in [-0.2, 0) is 14.3 Å². The maximum absolute atomic E-state index is 13.5. The molecule has 0 amide bonds. The lowest BCUT2D eigenvalue weighted by Crippen LogP contribution is -2.65. The molecule has 0 spiro atoms. The Morgan fingerprint density at radius 2 is 1.69 bits per heavy atom. The Hall–Kier alpha value is -1.17. The molecule has 3 saturated carbocycles. The highest BCUT2D eigenvalue weighted by Gasteiger charge is 2.71. The number of ether oxygens (including phenoxy) is 2. The number of hydrogen-bond donors (Lipinski definition) is 6. The predicted molar refractivity (Wildman–Crippen MR) is 169 cm³/mol. The molecule has 15 atom stereocenters. The fourth-order valence-electron chi connectivity index (χ4n) is 11.1. The smallest absolute Gasteiger partial charge is 0.187 e. The maximum atomic E-state index is 13.5. The highest BCUT2D eigenvalue weighted by atomic mass is 16.7. The molecular formula is C36H58O9. The molecular weight excluding hydrogens is 576 g/mol. The summed E-state index contributed by atoms with van der Waals surface area (Å²) in [7, 11) is 0. The third-order valence-electron chi connectivity index (χ3n) is 13.6. The van der Waals surface area contributed by atoms with Crippen molar-refractivity contribution in [1.82, 2.24) is 0 Å². The molecule has 5 rings (SSSR count). The van der Waals surface area contributed by atoms with Crippen LogP contribution in [0, 0.1) is 45.3 Å². The van der Waals surface area contributed by atoms with Crippen LogP contribution in [0.3, 0.4) is 0 Å². The van der Waals surface area contributed by atoms with Gasteiger partial charge in [-0.1, -0.05) is 57.9 Å². The summed E-state index contributed by atoms with van der Waals surface area (Å²) >= 11 is 0. The van der Waals surface area contributed by atoms with Gasteiger partial charge in [0.05, 0.1) is 24.9 Å². The van der Waals surface area contributed by atoms with E-state index in [2.05, 4.69) is 20.8 Å². The van der Waals surface area contributed by atoms with Crippen molar-refractivity contribution in [3.63, 3.8) is 0 Å². The predicted octanol–water partition coefficient (Wildman–Crippen LogP) is 3.28. The number of fused-ring (bicyclic) bond motifs is 5. The zero-order valence-electron chi connectivity index (χ0n) is 28.2. The number of allylic oxidation sites excluding steroid dienone is 1. The van der Waals surface area contributed by atoms with Crippen LogP contribution >= 0.6 is 0 Å². The highest BCUT2D eigenvalue weighted by molar-refractivity contribution is 5.65. The molecule has 45 heavy (non-hydrogen) atoms. The number of rotatable bonds is 8. The van der Waals surface area contributed by atoms with Crippen molar-refractivity contribution in [2.24, 2.45) is 45.3 Å². The number of aliphatic hydroxyl groups excluding tert-OH is 6. The number of hydrogen-bond acceptors (Lipinski definition) is 9. The molecule has 256 valence electrons. The molecule has 4 aliphatic carbocycles. The highest BCUT2D eigenvalue weighted by Crippen LogP contribution is 2.74. The van der Waals surface area contributed by atoms with Crippen molar-refractivity contribution in [2.75, 3.05) is 6.61 Å². The first kappa shape index (κ1) is 35.1. The molecule has 6 N–H and O–H groups in total. The first-order valence-electron chi connectivity index (χ1n) is 17.1. The minimum absolute atomic E-state index is 0.0645. The van der Waals surface area contributed by atoms with Gasteiger partial charge in [0.1, 0.15) is 30.7 Å². The zero-order valence-corrected chi connectivity index (χ0v) is 28.2. The third-order valence-corrected chi connectivity index (χ3v) is 13.6. The van der Waals surface area contributed by atoms with E-state index in [1.807, 2.05) is 39.8 Å². The summed E-state index contributed by atoms with van der Waals surface area (Å²) in [6.45, 7) is 14.5. The van der Waals surface area contributed by atoms with E-state index < -0.39 is 66.5 Å². The van der Waals surface area contributed by atoms with E-state index >= 15 is 0 Å². The number of carbonyl (C=O) groups is 1. The Balaban J connectivity index is 1.43.